The fraction of sp³-hybridized carbons (Fsp3) is 0.526. The number of nitrogens with zero attached hydrogens (tertiary/aromatic N) is 4. The maximum absolute atomic E-state index is 12.7. The molecule has 2 fully saturated rings. The number of piperidine rings is 1. The molecule has 0 atom stereocenters. The molecular weight excluding hydrogens is 348 g/mol. The van der Waals surface area contributed by atoms with Gasteiger partial charge in [0.15, 0.2) is 0 Å². The van der Waals surface area contributed by atoms with Gasteiger partial charge in [0.2, 0.25) is 0 Å². The molecule has 2 saturated heterocycles. The Morgan fingerprint density at radius 1 is 1.27 bits per heavy atom. The van der Waals surface area contributed by atoms with Gasteiger partial charge in [-0.05, 0) is 38.1 Å². The summed E-state index contributed by atoms with van der Waals surface area (Å²) in [5.41, 5.74) is 1.67. The van der Waals surface area contributed by atoms with Gasteiger partial charge in [0.25, 0.3) is 5.91 Å². The molecule has 2 aromatic heterocycles. The van der Waals surface area contributed by atoms with Crippen molar-refractivity contribution < 1.29 is 9.53 Å². The smallest absolute Gasteiger partial charge is 0.264 e. The standard InChI is InChI=1S/C19H24N4O2S/c1-14-12-20-15(2)17(21-14)22-7-5-19(6-8-22)13-23(9-10-25-19)18(24)16-4-3-11-26-16/h3-4,11-12H,5-10,13H2,1-2H3. The molecule has 0 N–H and O–H groups in total. The predicted molar refractivity (Wildman–Crippen MR) is 102 cm³/mol. The van der Waals surface area contributed by atoms with Gasteiger partial charge in [-0.15, -0.1) is 11.3 Å². The molecular formula is C19H24N4O2S. The largest absolute Gasteiger partial charge is 0.371 e. The van der Waals surface area contributed by atoms with E-state index in [-0.39, 0.29) is 11.5 Å². The Kier molecular flexibility index (Phi) is 4.67. The number of carbonyl (C=O) groups is 1. The minimum Gasteiger partial charge on any atom is -0.371 e. The Balaban J connectivity index is 1.44. The molecule has 4 rings (SSSR count). The number of amides is 1. The SMILES string of the molecule is Cc1cnc(C)c(N2CCC3(CC2)CN(C(=O)c2cccs2)CCO3)n1. The lowest BCUT2D eigenvalue weighted by Gasteiger charge is -2.47. The van der Waals surface area contributed by atoms with E-state index >= 15 is 0 Å². The minimum absolute atomic E-state index is 0.130. The van der Waals surface area contributed by atoms with E-state index in [1.165, 1.54) is 11.3 Å². The van der Waals surface area contributed by atoms with Crippen molar-refractivity contribution in [2.75, 3.05) is 37.7 Å². The van der Waals surface area contributed by atoms with Crippen LogP contribution in [-0.2, 0) is 4.74 Å². The summed E-state index contributed by atoms with van der Waals surface area (Å²) in [6.07, 6.45) is 3.61. The fourth-order valence-electron chi connectivity index (χ4n) is 3.83. The average molecular weight is 372 g/mol. The van der Waals surface area contributed by atoms with Crippen LogP contribution in [0.4, 0.5) is 5.82 Å². The monoisotopic (exact) mass is 372 g/mol. The first-order valence-corrected chi connectivity index (χ1v) is 9.96. The average Bonchev–Trinajstić information content (AvgIpc) is 3.19. The molecule has 0 unspecified atom stereocenters. The first-order valence-electron chi connectivity index (χ1n) is 9.08. The number of carbonyl (C=O) groups excluding carboxylic acids is 1. The molecule has 0 aliphatic carbocycles. The second-order valence-electron chi connectivity index (χ2n) is 7.14. The lowest BCUT2D eigenvalue weighted by Crippen LogP contribution is -2.58. The lowest BCUT2D eigenvalue weighted by atomic mass is 9.89. The predicted octanol–water partition coefficient (Wildman–Crippen LogP) is 2.67. The molecule has 2 aromatic rings. The Hall–Kier alpha value is -1.99. The number of ether oxygens (including phenoxy) is 1. The van der Waals surface area contributed by atoms with Crippen molar-refractivity contribution in [3.8, 4) is 0 Å². The zero-order valence-corrected chi connectivity index (χ0v) is 16.1. The third-order valence-corrected chi connectivity index (χ3v) is 6.15. The van der Waals surface area contributed by atoms with E-state index in [1.807, 2.05) is 42.5 Å². The van der Waals surface area contributed by atoms with E-state index in [9.17, 15) is 4.79 Å². The molecule has 1 amide bonds. The zero-order chi connectivity index (χ0) is 18.1. The summed E-state index contributed by atoms with van der Waals surface area (Å²) in [6.45, 7) is 7.69. The van der Waals surface area contributed by atoms with Crippen molar-refractivity contribution >= 4 is 23.1 Å². The molecule has 2 aliphatic heterocycles. The van der Waals surface area contributed by atoms with E-state index < -0.39 is 0 Å². The molecule has 0 saturated carbocycles. The van der Waals surface area contributed by atoms with Crippen molar-refractivity contribution in [1.82, 2.24) is 14.9 Å². The molecule has 26 heavy (non-hydrogen) atoms. The first kappa shape index (κ1) is 17.4. The highest BCUT2D eigenvalue weighted by atomic mass is 32.1. The van der Waals surface area contributed by atoms with Crippen LogP contribution in [0.15, 0.2) is 23.7 Å². The van der Waals surface area contributed by atoms with Crippen LogP contribution in [0.3, 0.4) is 0 Å². The number of morpholine rings is 1. The van der Waals surface area contributed by atoms with Crippen LogP contribution in [0, 0.1) is 13.8 Å². The number of aryl methyl sites for hydroxylation is 2. The van der Waals surface area contributed by atoms with Gasteiger partial charge in [-0.1, -0.05) is 6.07 Å². The maximum Gasteiger partial charge on any atom is 0.264 e. The molecule has 2 aliphatic rings. The molecule has 0 radical (unpaired) electrons. The summed E-state index contributed by atoms with van der Waals surface area (Å²) < 4.78 is 6.19. The normalized spacial score (nSPS) is 19.8. The number of aromatic nitrogens is 2. The van der Waals surface area contributed by atoms with Crippen LogP contribution in [0.5, 0.6) is 0 Å². The van der Waals surface area contributed by atoms with Gasteiger partial charge < -0.3 is 14.5 Å². The van der Waals surface area contributed by atoms with E-state index in [1.54, 1.807) is 0 Å². The molecule has 6 nitrogen and oxygen atoms in total. The van der Waals surface area contributed by atoms with Crippen LogP contribution in [0.2, 0.25) is 0 Å². The lowest BCUT2D eigenvalue weighted by molar-refractivity contribution is -0.111. The molecule has 0 aromatic carbocycles. The maximum atomic E-state index is 12.7. The number of thiophene rings is 1. The van der Waals surface area contributed by atoms with Crippen LogP contribution >= 0.6 is 11.3 Å². The number of hydrogen-bond acceptors (Lipinski definition) is 6. The highest BCUT2D eigenvalue weighted by Gasteiger charge is 2.41. The number of anilines is 1. The Morgan fingerprint density at radius 2 is 2.08 bits per heavy atom. The summed E-state index contributed by atoms with van der Waals surface area (Å²) in [6, 6.07) is 3.83. The van der Waals surface area contributed by atoms with Crippen molar-refractivity contribution in [3.63, 3.8) is 0 Å². The fourth-order valence-corrected chi connectivity index (χ4v) is 4.52. The summed E-state index contributed by atoms with van der Waals surface area (Å²) in [7, 11) is 0. The van der Waals surface area contributed by atoms with Gasteiger partial charge in [-0.2, -0.15) is 0 Å². The van der Waals surface area contributed by atoms with Gasteiger partial charge in [0, 0.05) is 25.8 Å². The van der Waals surface area contributed by atoms with Crippen LogP contribution in [0.1, 0.15) is 33.9 Å². The molecule has 4 heterocycles. The van der Waals surface area contributed by atoms with E-state index in [2.05, 4.69) is 14.9 Å². The van der Waals surface area contributed by atoms with E-state index in [4.69, 9.17) is 4.74 Å². The Bertz CT molecular complexity index is 785. The second kappa shape index (κ2) is 6.96. The molecule has 1 spiro atoms. The Morgan fingerprint density at radius 3 is 2.81 bits per heavy atom. The third kappa shape index (κ3) is 3.33. The Labute approximate surface area is 157 Å². The summed E-state index contributed by atoms with van der Waals surface area (Å²) in [5.74, 6) is 1.10. The van der Waals surface area contributed by atoms with Crippen molar-refractivity contribution in [1.29, 1.82) is 0 Å². The topological polar surface area (TPSA) is 58.6 Å². The number of hydrogen-bond donors (Lipinski definition) is 0. The van der Waals surface area contributed by atoms with Gasteiger partial charge in [-0.3, -0.25) is 9.78 Å². The van der Waals surface area contributed by atoms with Gasteiger partial charge in [0.05, 0.1) is 35.0 Å². The van der Waals surface area contributed by atoms with Crippen LogP contribution in [0.25, 0.3) is 0 Å². The molecule has 7 heteroatoms. The summed E-state index contributed by atoms with van der Waals surface area (Å²) in [5, 5.41) is 1.95. The van der Waals surface area contributed by atoms with Crippen LogP contribution in [-0.4, -0.2) is 59.2 Å². The zero-order valence-electron chi connectivity index (χ0n) is 15.3. The van der Waals surface area contributed by atoms with E-state index in [0.717, 1.165) is 48.0 Å². The molecule has 138 valence electrons. The number of rotatable bonds is 2. The van der Waals surface area contributed by atoms with Crippen molar-refractivity contribution in [2.45, 2.75) is 32.3 Å². The summed E-state index contributed by atoms with van der Waals surface area (Å²) in [4.78, 5) is 26.9. The second-order valence-corrected chi connectivity index (χ2v) is 8.09. The quantitative estimate of drug-likeness (QED) is 0.811. The highest BCUT2D eigenvalue weighted by Crippen LogP contribution is 2.33. The van der Waals surface area contributed by atoms with Gasteiger partial charge in [-0.25, -0.2) is 4.98 Å². The van der Waals surface area contributed by atoms with Gasteiger partial charge >= 0.3 is 0 Å². The van der Waals surface area contributed by atoms with Crippen molar-refractivity contribution in [2.24, 2.45) is 0 Å². The van der Waals surface area contributed by atoms with Gasteiger partial charge in [0.1, 0.15) is 5.82 Å². The highest BCUT2D eigenvalue weighted by molar-refractivity contribution is 7.12. The van der Waals surface area contributed by atoms with E-state index in [0.29, 0.717) is 19.7 Å². The molecule has 0 bridgehead atoms. The van der Waals surface area contributed by atoms with Crippen molar-refractivity contribution in [3.05, 3.63) is 40.0 Å². The summed E-state index contributed by atoms with van der Waals surface area (Å²) >= 11 is 1.50. The van der Waals surface area contributed by atoms with Crippen LogP contribution < -0.4 is 4.90 Å². The first-order chi connectivity index (χ1) is 12.6. The minimum atomic E-state index is -0.229. The third-order valence-electron chi connectivity index (χ3n) is 5.29.